The van der Waals surface area contributed by atoms with Crippen molar-refractivity contribution in [3.63, 3.8) is 0 Å². The lowest BCUT2D eigenvalue weighted by Gasteiger charge is -2.13. The molecule has 0 radical (unpaired) electrons. The highest BCUT2D eigenvalue weighted by atomic mass is 16.7. The number of hydrogen-bond donors (Lipinski definition) is 0. The van der Waals surface area contributed by atoms with Crippen LogP contribution < -0.4 is 9.47 Å². The summed E-state index contributed by atoms with van der Waals surface area (Å²) in [5.41, 5.74) is 1.50. The van der Waals surface area contributed by atoms with Gasteiger partial charge in [0.2, 0.25) is 6.79 Å². The highest BCUT2D eigenvalue weighted by molar-refractivity contribution is 6.20. The van der Waals surface area contributed by atoms with Crippen molar-refractivity contribution in [1.82, 2.24) is 5.06 Å². The van der Waals surface area contributed by atoms with E-state index in [1.54, 1.807) is 42.5 Å². The number of ether oxygens (including phenoxy) is 2. The molecule has 0 saturated heterocycles. The fourth-order valence-corrected chi connectivity index (χ4v) is 2.45. The highest BCUT2D eigenvalue weighted by Gasteiger charge is 2.36. The summed E-state index contributed by atoms with van der Waals surface area (Å²) in [5, 5.41) is 0.801. The number of imide groups is 1. The Morgan fingerprint density at radius 1 is 0.955 bits per heavy atom. The minimum absolute atomic E-state index is 0.0854. The van der Waals surface area contributed by atoms with Crippen LogP contribution in [0.4, 0.5) is 0 Å². The molecule has 2 aromatic rings. The number of fused-ring (bicyclic) bond motifs is 2. The van der Waals surface area contributed by atoms with Gasteiger partial charge in [-0.1, -0.05) is 18.2 Å². The number of carbonyl (C=O) groups is 2. The number of hydrogen-bond acceptors (Lipinski definition) is 5. The van der Waals surface area contributed by atoms with E-state index in [0.29, 0.717) is 22.6 Å². The normalized spacial score (nSPS) is 15.4. The monoisotopic (exact) mass is 297 g/mol. The molecule has 0 fully saturated rings. The number of amides is 2. The predicted octanol–water partition coefficient (Wildman–Crippen LogP) is 2.14. The van der Waals surface area contributed by atoms with Crippen molar-refractivity contribution in [2.24, 2.45) is 0 Å². The molecule has 110 valence electrons. The molecule has 4 rings (SSSR count). The van der Waals surface area contributed by atoms with Crippen molar-refractivity contribution in [3.8, 4) is 11.5 Å². The third kappa shape index (κ3) is 1.93. The molecule has 0 bridgehead atoms. The molecule has 22 heavy (non-hydrogen) atoms. The first kappa shape index (κ1) is 12.8. The Bertz CT molecular complexity index is 751. The zero-order valence-corrected chi connectivity index (χ0v) is 11.4. The third-order valence-corrected chi connectivity index (χ3v) is 3.55. The number of hydroxylamine groups is 2. The number of nitrogens with zero attached hydrogens (tertiary/aromatic N) is 1. The van der Waals surface area contributed by atoms with Crippen LogP contribution in [0.25, 0.3) is 0 Å². The fourth-order valence-electron chi connectivity index (χ4n) is 2.45. The molecule has 2 aliphatic rings. The van der Waals surface area contributed by atoms with Gasteiger partial charge in [-0.25, -0.2) is 0 Å². The lowest BCUT2D eigenvalue weighted by Crippen LogP contribution is -2.29. The van der Waals surface area contributed by atoms with Gasteiger partial charge < -0.3 is 9.47 Å². The highest BCUT2D eigenvalue weighted by Crippen LogP contribution is 2.33. The summed E-state index contributed by atoms with van der Waals surface area (Å²) in [7, 11) is 0. The standard InChI is InChI=1S/C16H11NO5/c18-15-11-3-1-2-4-12(11)16(19)17(15)22-8-10-5-6-13-14(7-10)21-9-20-13/h1-7H,8-9H2. The number of carbonyl (C=O) groups excluding carboxylic acids is 2. The van der Waals surface area contributed by atoms with Crippen LogP contribution in [0.2, 0.25) is 0 Å². The van der Waals surface area contributed by atoms with Gasteiger partial charge in [-0.05, 0) is 29.8 Å². The summed E-state index contributed by atoms with van der Waals surface area (Å²) in [4.78, 5) is 29.7. The molecule has 2 aromatic carbocycles. The zero-order chi connectivity index (χ0) is 15.1. The van der Waals surface area contributed by atoms with Crippen molar-refractivity contribution in [2.75, 3.05) is 6.79 Å². The topological polar surface area (TPSA) is 65.1 Å². The fraction of sp³-hybridized carbons (Fsp3) is 0.125. The summed E-state index contributed by atoms with van der Waals surface area (Å²) >= 11 is 0. The molecular weight excluding hydrogens is 286 g/mol. The molecule has 2 aliphatic heterocycles. The molecule has 6 nitrogen and oxygen atoms in total. The van der Waals surface area contributed by atoms with Gasteiger partial charge in [-0.2, -0.15) is 0 Å². The van der Waals surface area contributed by atoms with Crippen molar-refractivity contribution >= 4 is 11.8 Å². The van der Waals surface area contributed by atoms with Crippen LogP contribution in [-0.2, 0) is 11.4 Å². The Morgan fingerprint density at radius 3 is 2.36 bits per heavy atom. The van der Waals surface area contributed by atoms with Crippen LogP contribution in [0.15, 0.2) is 42.5 Å². The minimum atomic E-state index is -0.443. The second-order valence-corrected chi connectivity index (χ2v) is 4.91. The minimum Gasteiger partial charge on any atom is -0.454 e. The average molecular weight is 297 g/mol. The Labute approximate surface area is 125 Å². The molecule has 0 aliphatic carbocycles. The van der Waals surface area contributed by atoms with Gasteiger partial charge in [0, 0.05) is 0 Å². The molecule has 0 aromatic heterocycles. The largest absolute Gasteiger partial charge is 0.454 e. The van der Waals surface area contributed by atoms with E-state index in [2.05, 4.69) is 0 Å². The van der Waals surface area contributed by atoms with Crippen LogP contribution in [-0.4, -0.2) is 23.7 Å². The Morgan fingerprint density at radius 2 is 1.64 bits per heavy atom. The molecule has 2 amide bonds. The maximum absolute atomic E-state index is 12.2. The van der Waals surface area contributed by atoms with E-state index in [4.69, 9.17) is 14.3 Å². The van der Waals surface area contributed by atoms with Gasteiger partial charge in [-0.3, -0.25) is 14.4 Å². The molecule has 6 heteroatoms. The first-order valence-electron chi connectivity index (χ1n) is 6.73. The van der Waals surface area contributed by atoms with Gasteiger partial charge in [0.1, 0.15) is 6.61 Å². The Balaban J connectivity index is 1.51. The van der Waals surface area contributed by atoms with Crippen LogP contribution in [0.1, 0.15) is 26.3 Å². The van der Waals surface area contributed by atoms with Gasteiger partial charge >= 0.3 is 0 Å². The van der Waals surface area contributed by atoms with Crippen molar-refractivity contribution < 1.29 is 23.9 Å². The lowest BCUT2D eigenvalue weighted by atomic mass is 10.1. The molecule has 0 atom stereocenters. The smallest absolute Gasteiger partial charge is 0.285 e. The number of rotatable bonds is 3. The summed E-state index contributed by atoms with van der Waals surface area (Å²) in [6.45, 7) is 0.278. The van der Waals surface area contributed by atoms with Crippen LogP contribution in [0.3, 0.4) is 0 Å². The average Bonchev–Trinajstić information content (AvgIpc) is 3.10. The van der Waals surface area contributed by atoms with Gasteiger partial charge in [0.25, 0.3) is 11.8 Å². The van der Waals surface area contributed by atoms with E-state index in [0.717, 1.165) is 10.6 Å². The van der Waals surface area contributed by atoms with Gasteiger partial charge in [0.15, 0.2) is 11.5 Å². The van der Waals surface area contributed by atoms with Gasteiger partial charge in [0.05, 0.1) is 11.1 Å². The van der Waals surface area contributed by atoms with Crippen molar-refractivity contribution in [2.45, 2.75) is 6.61 Å². The predicted molar refractivity (Wildman–Crippen MR) is 74.3 cm³/mol. The van der Waals surface area contributed by atoms with E-state index < -0.39 is 11.8 Å². The van der Waals surface area contributed by atoms with Crippen LogP contribution >= 0.6 is 0 Å². The van der Waals surface area contributed by atoms with Crippen LogP contribution in [0, 0.1) is 0 Å². The van der Waals surface area contributed by atoms with E-state index >= 15 is 0 Å². The quantitative estimate of drug-likeness (QED) is 0.812. The molecule has 0 spiro atoms. The summed E-state index contributed by atoms with van der Waals surface area (Å²) in [6.07, 6.45) is 0. The third-order valence-electron chi connectivity index (χ3n) is 3.55. The van der Waals surface area contributed by atoms with Crippen LogP contribution in [0.5, 0.6) is 11.5 Å². The molecular formula is C16H11NO5. The summed E-state index contributed by atoms with van der Waals surface area (Å²) < 4.78 is 10.5. The second-order valence-electron chi connectivity index (χ2n) is 4.91. The Hall–Kier alpha value is -2.86. The van der Waals surface area contributed by atoms with Crippen molar-refractivity contribution in [3.05, 3.63) is 59.2 Å². The Kier molecular flexibility index (Phi) is 2.83. The summed E-state index contributed by atoms with van der Waals surface area (Å²) in [6, 6.07) is 12.0. The molecule has 0 saturated carbocycles. The van der Waals surface area contributed by atoms with Gasteiger partial charge in [-0.15, -0.1) is 5.06 Å². The van der Waals surface area contributed by atoms with E-state index in [1.807, 2.05) is 0 Å². The lowest BCUT2D eigenvalue weighted by molar-refractivity contribution is -0.101. The van der Waals surface area contributed by atoms with E-state index in [1.165, 1.54) is 0 Å². The zero-order valence-electron chi connectivity index (χ0n) is 11.4. The first-order valence-corrected chi connectivity index (χ1v) is 6.73. The molecule has 0 unspecified atom stereocenters. The SMILES string of the molecule is O=C1c2ccccc2C(=O)N1OCc1ccc2c(c1)OCO2. The second kappa shape index (κ2) is 4.85. The summed E-state index contributed by atoms with van der Waals surface area (Å²) in [5.74, 6) is 0.413. The molecule has 2 heterocycles. The van der Waals surface area contributed by atoms with Crippen molar-refractivity contribution in [1.29, 1.82) is 0 Å². The maximum Gasteiger partial charge on any atom is 0.285 e. The molecule has 0 N–H and O–H groups in total. The maximum atomic E-state index is 12.2. The first-order chi connectivity index (χ1) is 10.7. The van der Waals surface area contributed by atoms with E-state index in [-0.39, 0.29) is 13.4 Å². The number of benzene rings is 2. The van der Waals surface area contributed by atoms with E-state index in [9.17, 15) is 9.59 Å².